The van der Waals surface area contributed by atoms with E-state index in [2.05, 4.69) is 5.32 Å². The summed E-state index contributed by atoms with van der Waals surface area (Å²) in [6, 6.07) is 6.55. The van der Waals surface area contributed by atoms with Crippen molar-refractivity contribution >= 4 is 33.0 Å². The Morgan fingerprint density at radius 3 is 2.37 bits per heavy atom. The number of aliphatic hydroxyl groups is 3. The first-order valence-corrected chi connectivity index (χ1v) is 13.2. The highest BCUT2D eigenvalue weighted by Gasteiger charge is 2.64. The zero-order chi connectivity index (χ0) is 25.7. The van der Waals surface area contributed by atoms with Gasteiger partial charge in [-0.2, -0.15) is 0 Å². The Morgan fingerprint density at radius 2 is 1.77 bits per heavy atom. The number of hydrogen-bond acceptors (Lipinski definition) is 6. The molecule has 3 fully saturated rings. The van der Waals surface area contributed by atoms with Crippen LogP contribution in [0.2, 0.25) is 5.02 Å². The molecular formula is C24H26ClF2NO6S. The summed E-state index contributed by atoms with van der Waals surface area (Å²) in [6.45, 7) is 1.68. The number of benzene rings is 2. The van der Waals surface area contributed by atoms with Crippen LogP contribution in [0.15, 0.2) is 41.3 Å². The van der Waals surface area contributed by atoms with Crippen molar-refractivity contribution < 1.29 is 37.3 Å². The lowest BCUT2D eigenvalue weighted by Crippen LogP contribution is -2.69. The molecular weight excluding hydrogens is 504 g/mol. The Bertz CT molecular complexity index is 1240. The number of aliphatic hydroxyl groups excluding tert-OH is 2. The van der Waals surface area contributed by atoms with E-state index in [-0.39, 0.29) is 40.4 Å². The molecule has 3 aliphatic carbocycles. The molecule has 2 unspecified atom stereocenters. The third-order valence-corrected chi connectivity index (χ3v) is 10.00. The van der Waals surface area contributed by atoms with Gasteiger partial charge in [0.15, 0.2) is 21.5 Å². The molecule has 0 aromatic heterocycles. The van der Waals surface area contributed by atoms with Gasteiger partial charge in [-0.3, -0.25) is 4.79 Å². The minimum Gasteiger partial charge on any atom is -0.390 e. The van der Waals surface area contributed by atoms with Crippen LogP contribution in [0.4, 0.5) is 14.5 Å². The van der Waals surface area contributed by atoms with Gasteiger partial charge in [0, 0.05) is 17.3 Å². The molecule has 0 spiro atoms. The quantitative estimate of drug-likeness (QED) is 0.436. The number of halogens is 3. The average Bonchev–Trinajstić information content (AvgIpc) is 2.84. The molecule has 2 aromatic rings. The molecule has 7 nitrogen and oxygen atoms in total. The molecule has 0 saturated heterocycles. The normalized spacial score (nSPS) is 27.6. The zero-order valence-corrected chi connectivity index (χ0v) is 20.4. The summed E-state index contributed by atoms with van der Waals surface area (Å²) in [5.41, 5.74) is -1.60. The summed E-state index contributed by atoms with van der Waals surface area (Å²) in [4.78, 5) is 12.4. The van der Waals surface area contributed by atoms with Gasteiger partial charge in [-0.25, -0.2) is 17.2 Å². The van der Waals surface area contributed by atoms with Crippen molar-refractivity contribution in [2.24, 2.45) is 11.8 Å². The highest BCUT2D eigenvalue weighted by Crippen LogP contribution is 2.57. The van der Waals surface area contributed by atoms with Crippen LogP contribution in [0.25, 0.3) is 0 Å². The van der Waals surface area contributed by atoms with Crippen LogP contribution in [0.1, 0.15) is 43.0 Å². The minimum atomic E-state index is -4.01. The van der Waals surface area contributed by atoms with Crippen LogP contribution < -0.4 is 5.32 Å². The Hall–Kier alpha value is -2.11. The number of hydrogen-bond donors (Lipinski definition) is 4. The van der Waals surface area contributed by atoms with Crippen molar-refractivity contribution in [3.8, 4) is 0 Å². The lowest BCUT2D eigenvalue weighted by atomic mass is 9.51. The number of anilines is 1. The van der Waals surface area contributed by atoms with Gasteiger partial charge in [0.2, 0.25) is 0 Å². The largest absolute Gasteiger partial charge is 0.390 e. The van der Waals surface area contributed by atoms with E-state index >= 15 is 0 Å². The van der Waals surface area contributed by atoms with Crippen molar-refractivity contribution in [3.05, 3.63) is 58.6 Å². The van der Waals surface area contributed by atoms with Crippen molar-refractivity contribution in [1.29, 1.82) is 0 Å². The number of nitrogens with one attached hydrogen (secondary N) is 1. The van der Waals surface area contributed by atoms with Gasteiger partial charge in [-0.05, 0) is 67.9 Å². The molecule has 2 bridgehead atoms. The molecule has 11 heteroatoms. The van der Waals surface area contributed by atoms with Crippen molar-refractivity contribution in [3.63, 3.8) is 0 Å². The van der Waals surface area contributed by atoms with Crippen LogP contribution in [-0.2, 0) is 9.84 Å². The topological polar surface area (TPSA) is 124 Å². The summed E-state index contributed by atoms with van der Waals surface area (Å²) < 4.78 is 53.5. The molecule has 1 amide bonds. The maximum atomic E-state index is 13.5. The Balaban J connectivity index is 1.55. The number of amides is 1. The fraction of sp³-hybridized carbons (Fsp3) is 0.458. The first-order valence-electron chi connectivity index (χ1n) is 11.3. The molecule has 4 N–H and O–H groups in total. The average molecular weight is 530 g/mol. The van der Waals surface area contributed by atoms with Crippen LogP contribution in [0.5, 0.6) is 0 Å². The van der Waals surface area contributed by atoms with E-state index in [4.69, 9.17) is 11.6 Å². The first-order chi connectivity index (χ1) is 16.4. The second-order valence-corrected chi connectivity index (χ2v) is 11.9. The summed E-state index contributed by atoms with van der Waals surface area (Å²) in [5.74, 6) is -3.96. The number of sulfone groups is 1. The summed E-state index contributed by atoms with van der Waals surface area (Å²) in [7, 11) is -4.01. The molecule has 3 saturated carbocycles. The standard InChI is InChI=1S/C24H26ClF2NO6S/c1-2-20(29)22(30)24(32)13-8-14(24)10-16(9-13)35(33,34)21-7-12(3-5-17(21)25)23(31)28-15-4-6-18(26)19(27)11-15/h3-7,11,13-14,16,20,22,29-30,32H,2,8-10H2,1H3,(H,28,31)/t13?,14?,16?,20-,22+,24?/m0/s1. The first kappa shape index (κ1) is 26.0. The lowest BCUT2D eigenvalue weighted by molar-refractivity contribution is -0.251. The number of carbonyl (C=O) groups is 1. The van der Waals surface area contributed by atoms with Crippen LogP contribution in [0.3, 0.4) is 0 Å². The fourth-order valence-corrected chi connectivity index (χ4v) is 7.68. The molecule has 4 atom stereocenters. The molecule has 35 heavy (non-hydrogen) atoms. The summed E-state index contributed by atoms with van der Waals surface area (Å²) in [6.07, 6.45) is -1.54. The van der Waals surface area contributed by atoms with Crippen molar-refractivity contribution in [2.45, 2.75) is 60.6 Å². The molecule has 3 aliphatic rings. The maximum absolute atomic E-state index is 13.5. The van der Waals surface area contributed by atoms with Gasteiger partial charge < -0.3 is 20.6 Å². The van der Waals surface area contributed by atoms with Gasteiger partial charge >= 0.3 is 0 Å². The molecule has 0 aliphatic heterocycles. The van der Waals surface area contributed by atoms with Crippen LogP contribution in [-0.4, -0.2) is 52.7 Å². The summed E-state index contributed by atoms with van der Waals surface area (Å²) >= 11 is 6.19. The van der Waals surface area contributed by atoms with E-state index in [1.54, 1.807) is 6.92 Å². The number of fused-ring (bicyclic) bond motifs is 2. The molecule has 0 heterocycles. The number of carbonyl (C=O) groups excluding carboxylic acids is 1. The molecule has 0 radical (unpaired) electrons. The van der Waals surface area contributed by atoms with E-state index in [0.717, 1.165) is 18.2 Å². The van der Waals surface area contributed by atoms with Gasteiger partial charge in [-0.15, -0.1) is 0 Å². The zero-order valence-electron chi connectivity index (χ0n) is 18.8. The second kappa shape index (κ2) is 9.40. The van der Waals surface area contributed by atoms with Gasteiger partial charge in [0.05, 0.1) is 26.9 Å². The lowest BCUT2D eigenvalue weighted by Gasteiger charge is -2.60. The molecule has 190 valence electrons. The molecule has 5 rings (SSSR count). The predicted octanol–water partition coefficient (Wildman–Crippen LogP) is 3.31. The van der Waals surface area contributed by atoms with Crippen LogP contribution >= 0.6 is 11.6 Å². The minimum absolute atomic E-state index is 0.00673. The molecule has 2 aromatic carbocycles. The van der Waals surface area contributed by atoms with Gasteiger partial charge in [0.25, 0.3) is 5.91 Å². The maximum Gasteiger partial charge on any atom is 0.255 e. The summed E-state index contributed by atoms with van der Waals surface area (Å²) in [5, 5.41) is 32.9. The highest BCUT2D eigenvalue weighted by atomic mass is 35.5. The Morgan fingerprint density at radius 1 is 1.11 bits per heavy atom. The Labute approximate surface area is 206 Å². The van der Waals surface area contributed by atoms with Crippen molar-refractivity contribution in [1.82, 2.24) is 0 Å². The van der Waals surface area contributed by atoms with E-state index in [0.29, 0.717) is 6.42 Å². The van der Waals surface area contributed by atoms with E-state index in [1.165, 1.54) is 18.2 Å². The number of rotatable bonds is 7. The highest BCUT2D eigenvalue weighted by molar-refractivity contribution is 7.92. The van der Waals surface area contributed by atoms with Crippen LogP contribution in [0, 0.1) is 23.5 Å². The second-order valence-electron chi connectivity index (χ2n) is 9.30. The SMILES string of the molecule is CC[C@H](O)[C@@H](O)C1(O)C2CC1CC(S(=O)(=O)c1cc(C(=O)Nc3ccc(F)c(F)c3)ccc1Cl)C2. The third kappa shape index (κ3) is 4.46. The van der Waals surface area contributed by atoms with Crippen molar-refractivity contribution in [2.75, 3.05) is 5.32 Å². The van der Waals surface area contributed by atoms with Gasteiger partial charge in [0.1, 0.15) is 6.10 Å². The fourth-order valence-electron chi connectivity index (χ4n) is 5.28. The predicted molar refractivity (Wildman–Crippen MR) is 125 cm³/mol. The Kier molecular flexibility index (Phi) is 6.98. The monoisotopic (exact) mass is 529 g/mol. The third-order valence-electron chi connectivity index (χ3n) is 7.34. The van der Waals surface area contributed by atoms with E-state index < -0.39 is 62.3 Å². The van der Waals surface area contributed by atoms with Gasteiger partial charge in [-0.1, -0.05) is 18.5 Å². The smallest absolute Gasteiger partial charge is 0.255 e. The van der Waals surface area contributed by atoms with E-state index in [1.807, 2.05) is 0 Å². The van der Waals surface area contributed by atoms with E-state index in [9.17, 15) is 37.3 Å².